The number of nitrogens with zero attached hydrogens (tertiary/aromatic N) is 2. The predicted molar refractivity (Wildman–Crippen MR) is 341 cm³/mol. The first-order chi connectivity index (χ1) is 40.8. The third-order valence-electron chi connectivity index (χ3n) is 16.3. The molecule has 492 valence electrons. The van der Waals surface area contributed by atoms with Crippen molar-refractivity contribution in [2.24, 2.45) is 16.6 Å². The van der Waals surface area contributed by atoms with Gasteiger partial charge in [-0.3, -0.25) is 28.8 Å². The summed E-state index contributed by atoms with van der Waals surface area (Å²) < 4.78 is 56.1. The van der Waals surface area contributed by atoms with Gasteiger partial charge in [0, 0.05) is 61.0 Å². The number of carbonyl (C=O) groups is 8. The molecule has 4 heterocycles. The summed E-state index contributed by atoms with van der Waals surface area (Å²) in [6.07, 6.45) is 10.1. The Labute approximate surface area is 536 Å². The number of benzene rings is 2. The number of nitrogens with one attached hydrogen (secondary N) is 5. The molecule has 0 bridgehead atoms. The lowest BCUT2D eigenvalue weighted by Crippen LogP contribution is -2.55. The van der Waals surface area contributed by atoms with Crippen LogP contribution in [0.25, 0.3) is 0 Å². The monoisotopic (exact) mass is 1370 g/mol. The van der Waals surface area contributed by atoms with Gasteiger partial charge in [0.1, 0.15) is 47.3 Å². The van der Waals surface area contributed by atoms with Crippen molar-refractivity contribution < 1.29 is 80.4 Å². The lowest BCUT2D eigenvalue weighted by atomic mass is 9.81. The highest BCUT2D eigenvalue weighted by Gasteiger charge is 2.48. The molecular formula is C56H83ClN8O17S6. The maximum absolute atomic E-state index is 13.7. The van der Waals surface area contributed by atoms with Crippen LogP contribution in [0.4, 0.5) is 0 Å². The molecule has 88 heavy (non-hydrogen) atoms. The van der Waals surface area contributed by atoms with Gasteiger partial charge in [-0.1, -0.05) is 93.1 Å². The van der Waals surface area contributed by atoms with Crippen LogP contribution in [0.3, 0.4) is 0 Å². The Morgan fingerprint density at radius 3 is 1.47 bits per heavy atom. The third-order valence-corrected chi connectivity index (χ3v) is 23.7. The predicted octanol–water partition coefficient (Wildman–Crippen LogP) is 3.64. The Morgan fingerprint density at radius 2 is 1.02 bits per heavy atom. The van der Waals surface area contributed by atoms with E-state index in [1.165, 1.54) is 67.4 Å². The molecule has 5 amide bonds. The number of amides is 5. The molecule has 6 fully saturated rings. The van der Waals surface area contributed by atoms with Crippen molar-refractivity contribution in [2.45, 2.75) is 152 Å². The minimum atomic E-state index is -3.75. The van der Waals surface area contributed by atoms with Crippen molar-refractivity contribution >= 4 is 123 Å². The zero-order valence-corrected chi connectivity index (χ0v) is 55.5. The summed E-state index contributed by atoms with van der Waals surface area (Å²) >= 11 is 0. The van der Waals surface area contributed by atoms with Crippen LogP contribution in [0.15, 0.2) is 48.5 Å². The number of halogens is 1. The second-order valence-electron chi connectivity index (χ2n) is 23.7. The Hall–Kier alpha value is -4.73. The Kier molecular flexibility index (Phi) is 27.3. The third kappa shape index (κ3) is 20.4. The number of nitrogens with two attached hydrogens (primary N) is 1. The van der Waals surface area contributed by atoms with Gasteiger partial charge in [0.15, 0.2) is 0 Å². The van der Waals surface area contributed by atoms with Gasteiger partial charge in [-0.25, -0.2) is 26.4 Å². The molecule has 8 unspecified atom stereocenters. The van der Waals surface area contributed by atoms with Crippen molar-refractivity contribution in [3.63, 3.8) is 0 Å². The van der Waals surface area contributed by atoms with E-state index in [0.717, 1.165) is 65.2 Å². The van der Waals surface area contributed by atoms with Gasteiger partial charge in [-0.15, -0.1) is 12.4 Å². The first-order valence-corrected chi connectivity index (χ1v) is 37.4. The van der Waals surface area contributed by atoms with Crippen LogP contribution in [0.2, 0.25) is 0 Å². The number of ether oxygens (including phenoxy) is 1. The molecule has 25 nitrogen and oxygen atoms in total. The summed E-state index contributed by atoms with van der Waals surface area (Å²) in [5, 5.41) is 51.9. The number of hydrogen-bond donors (Lipinski definition) is 10. The number of carboxylic acid groups (broad SMARTS) is 2. The molecule has 8 atom stereocenters. The molecule has 0 radical (unpaired) electrons. The van der Waals surface area contributed by atoms with Gasteiger partial charge >= 0.3 is 17.9 Å². The molecule has 0 aromatic heterocycles. The Bertz CT molecular complexity index is 3010. The Morgan fingerprint density at radius 1 is 0.614 bits per heavy atom. The highest BCUT2D eigenvalue weighted by Crippen LogP contribution is 2.43. The van der Waals surface area contributed by atoms with Crippen molar-refractivity contribution in [1.29, 1.82) is 0 Å². The van der Waals surface area contributed by atoms with Crippen molar-refractivity contribution in [2.75, 3.05) is 61.7 Å². The number of carbonyl (C=O) groups excluding carboxylic acids is 6. The molecular weight excluding hydrogens is 1280 g/mol. The highest BCUT2D eigenvalue weighted by molar-refractivity contribution is 8.77. The van der Waals surface area contributed by atoms with Gasteiger partial charge in [-0.2, -0.15) is 8.61 Å². The fourth-order valence-corrected chi connectivity index (χ4v) is 18.5. The van der Waals surface area contributed by atoms with Crippen LogP contribution in [0.1, 0.15) is 121 Å². The maximum atomic E-state index is 13.7. The van der Waals surface area contributed by atoms with Crippen molar-refractivity contribution in [3.8, 4) is 11.5 Å². The lowest BCUT2D eigenvalue weighted by Gasteiger charge is -2.31. The molecule has 2 spiro atoms. The van der Waals surface area contributed by atoms with Gasteiger partial charge in [-0.05, 0) is 108 Å². The topological polar surface area (TPSA) is 388 Å². The minimum absolute atomic E-state index is 0. The van der Waals surface area contributed by atoms with E-state index in [1.54, 1.807) is 24.3 Å². The summed E-state index contributed by atoms with van der Waals surface area (Å²) in [5.41, 5.74) is 5.42. The summed E-state index contributed by atoms with van der Waals surface area (Å²) in [6, 6.07) is 6.84. The molecule has 2 saturated carbocycles. The van der Waals surface area contributed by atoms with Crippen LogP contribution < -0.4 is 32.3 Å². The fourth-order valence-electron chi connectivity index (χ4n) is 11.7. The average molecular weight is 1370 g/mol. The number of phenolic OH excluding ortho intramolecular Hbond substituents is 2. The number of sulfonamides is 2. The van der Waals surface area contributed by atoms with Gasteiger partial charge in [0.2, 0.25) is 49.6 Å². The zero-order chi connectivity index (χ0) is 64.1. The highest BCUT2D eigenvalue weighted by atomic mass is 35.5. The molecule has 4 saturated heterocycles. The molecule has 4 aliphatic heterocycles. The Balaban J connectivity index is 0.000000258. The lowest BCUT2D eigenvalue weighted by molar-refractivity contribution is -0.158. The van der Waals surface area contributed by atoms with E-state index in [-0.39, 0.29) is 72.8 Å². The van der Waals surface area contributed by atoms with Crippen LogP contribution >= 0.6 is 55.6 Å². The molecule has 2 aromatic rings. The van der Waals surface area contributed by atoms with Crippen LogP contribution in [-0.2, 0) is 63.1 Å². The van der Waals surface area contributed by atoms with Gasteiger partial charge in [0.25, 0.3) is 0 Å². The van der Waals surface area contributed by atoms with Gasteiger partial charge in [0.05, 0.1) is 29.4 Å². The molecule has 2 aliphatic carbocycles. The largest absolute Gasteiger partial charge is 0.508 e. The maximum Gasteiger partial charge on any atom is 0.330 e. The smallest absolute Gasteiger partial charge is 0.330 e. The van der Waals surface area contributed by atoms with E-state index in [9.17, 15) is 75.6 Å². The normalized spacial score (nSPS) is 26.9. The van der Waals surface area contributed by atoms with Crippen LogP contribution in [0, 0.1) is 10.8 Å². The summed E-state index contributed by atoms with van der Waals surface area (Å²) in [6.45, 7) is 6.33. The van der Waals surface area contributed by atoms with E-state index in [0.29, 0.717) is 62.1 Å². The van der Waals surface area contributed by atoms with Gasteiger partial charge < -0.3 is 57.5 Å². The zero-order valence-electron chi connectivity index (χ0n) is 49.8. The summed E-state index contributed by atoms with van der Waals surface area (Å²) in [7, 11) is -2.09. The summed E-state index contributed by atoms with van der Waals surface area (Å²) in [4.78, 5) is 101. The van der Waals surface area contributed by atoms with Crippen molar-refractivity contribution in [3.05, 3.63) is 59.7 Å². The molecule has 2 aromatic carbocycles. The van der Waals surface area contributed by atoms with E-state index in [2.05, 4.69) is 26.6 Å². The van der Waals surface area contributed by atoms with E-state index < -0.39 is 114 Å². The first kappa shape index (κ1) is 74.0. The standard InChI is InChI=1S/C26H36N4O8S3.C18H31N3O4S2.C12H15NO5S.ClH/c1-41(37,38)30-13-8-18(16-4-6-17(31)7-5-16)21(30)23(33)28-19-14-39-40-15-20(24(34)35)29-25(36)26(9-2-3-10-26)11-12-27-22(19)32;1-17(2,3)25-15(23)13-11-27-26-10-12(19)14(22)20-9-8-18(16(24)21-13)6-4-5-7-18;1-19(17,18)13-7-6-10(11(13)12(15)16)8-2-4-9(14)5-3-8;/h4-7,18-21,31H,2-3,8-15H2,1H3,(H,27,32)(H,28,33)(H,29,36)(H,34,35);12-13H,4-11,19H2,1-3H3,(H,20,22)(H,21,24);2-5,10-11,14H,6-7H2,1H3,(H,15,16);1H. The first-order valence-electron chi connectivity index (χ1n) is 28.8. The number of carboxylic acids is 2. The second kappa shape index (κ2) is 32.5. The number of aromatic hydroxyl groups is 2. The SMILES string of the molecule is CC(C)(C)OC(=O)C1CSSCC(N)C(=O)NCCC2(CCCC2)C(=O)N1.CS(=O)(=O)N1CCC(c2ccc(O)cc2)C1C(=O)NC1CSSCC(C(=O)O)NC(=O)C2(CCCC2)CCNC1=O.CS(=O)(=O)N1CCC(c2ccc(O)cc2)C1C(=O)O.Cl. The second-order valence-corrected chi connectivity index (χ2v) is 32.7. The quantitative estimate of drug-likeness (QED) is 0.126. The molecule has 11 N–H and O–H groups in total. The number of hydrogen-bond acceptors (Lipinski definition) is 20. The minimum Gasteiger partial charge on any atom is -0.508 e. The van der Waals surface area contributed by atoms with E-state index in [4.69, 9.17) is 10.5 Å². The number of rotatable bonds is 9. The van der Waals surface area contributed by atoms with E-state index in [1.807, 2.05) is 20.8 Å². The fraction of sp³-hybridized carbons (Fsp3) is 0.643. The van der Waals surface area contributed by atoms with Crippen molar-refractivity contribution in [1.82, 2.24) is 35.2 Å². The van der Waals surface area contributed by atoms with Crippen LogP contribution in [0.5, 0.6) is 11.5 Å². The van der Waals surface area contributed by atoms with E-state index >= 15 is 0 Å². The molecule has 32 heteroatoms. The van der Waals surface area contributed by atoms with Crippen LogP contribution in [-0.4, -0.2) is 197 Å². The molecule has 6 aliphatic rings. The summed E-state index contributed by atoms with van der Waals surface area (Å²) in [5.74, 6) is -4.18. The number of aliphatic carboxylic acids is 2. The number of esters is 1. The average Bonchev–Trinajstić information content (AvgIpc) is 2.82. The number of phenols is 2. The molecule has 8 rings (SSSR count).